The van der Waals surface area contributed by atoms with Gasteiger partial charge < -0.3 is 40.5 Å². The number of thioether (sulfide) groups is 1. The highest BCUT2D eigenvalue weighted by atomic mass is 35.5. The Balaban J connectivity index is 0.597. The molecule has 5 heterocycles. The van der Waals surface area contributed by atoms with Crippen LogP contribution in [0.15, 0.2) is 147 Å². The van der Waals surface area contributed by atoms with E-state index in [1.165, 1.54) is 39.9 Å². The van der Waals surface area contributed by atoms with Crippen molar-refractivity contribution in [2.24, 2.45) is 10.8 Å². The maximum atomic E-state index is 14.4. The fraction of sp³-hybridized carbons (Fsp3) is 0.524. The van der Waals surface area contributed by atoms with Crippen LogP contribution in [0.25, 0.3) is 16.0 Å². The van der Waals surface area contributed by atoms with E-state index in [9.17, 15) is 59.1 Å². The second kappa shape index (κ2) is 39.0. The minimum atomic E-state index is -6.11. The topological polar surface area (TPSA) is 260 Å². The first kappa shape index (κ1) is 86.4. The normalized spacial score (nSPS) is 18.9. The van der Waals surface area contributed by atoms with Crippen molar-refractivity contribution in [2.45, 2.75) is 194 Å². The molecule has 4 aliphatic heterocycles. The number of aliphatic hydroxyl groups is 1. The lowest BCUT2D eigenvalue weighted by Gasteiger charge is -2.46. The van der Waals surface area contributed by atoms with Crippen molar-refractivity contribution < 1.29 is 63.8 Å². The number of nitrogens with zero attached hydrogens (tertiary/aromatic N) is 6. The molecular formula is C84H108ClF3N10O11S4. The highest BCUT2D eigenvalue weighted by Crippen LogP contribution is 2.50. The molecule has 0 radical (unpaired) electrons. The lowest BCUT2D eigenvalue weighted by molar-refractivity contribution is -0.144. The summed E-state index contributed by atoms with van der Waals surface area (Å²) in [5.74, 6) is -1.46. The molecule has 21 nitrogen and oxygen atoms in total. The molecule has 612 valence electrons. The van der Waals surface area contributed by atoms with Gasteiger partial charge in [-0.3, -0.25) is 33.8 Å². The minimum absolute atomic E-state index is 0.000300. The number of nitrogens with one attached hydrogen (secondary N) is 4. The Hall–Kier alpha value is -7.41. The molecule has 4 saturated heterocycles. The molecule has 1 aliphatic carbocycles. The molecule has 5 aromatic carbocycles. The maximum Gasteiger partial charge on any atom is 0.501 e. The van der Waals surface area contributed by atoms with Crippen LogP contribution in [0.2, 0.25) is 5.02 Å². The van der Waals surface area contributed by atoms with E-state index in [-0.39, 0.29) is 60.0 Å². The second-order valence-electron chi connectivity index (χ2n) is 31.9. The lowest BCUT2D eigenvalue weighted by atomic mass is 9.65. The molecule has 11 rings (SSSR count). The summed E-state index contributed by atoms with van der Waals surface area (Å²) in [6, 6.07) is 31.5. The summed E-state index contributed by atoms with van der Waals surface area (Å²) in [5, 5.41) is 20.5. The van der Waals surface area contributed by atoms with Gasteiger partial charge in [0.2, 0.25) is 23.6 Å². The monoisotopic (exact) mass is 1650 g/mol. The molecular weight excluding hydrogens is 1550 g/mol. The van der Waals surface area contributed by atoms with Crippen LogP contribution in [-0.4, -0.2) is 197 Å². The summed E-state index contributed by atoms with van der Waals surface area (Å²) in [6.07, 6.45) is 12.6. The number of sulfonamides is 1. The number of rotatable bonds is 33. The molecule has 0 bridgehead atoms. The number of likely N-dealkylation sites (tertiary alicyclic amines) is 2. The van der Waals surface area contributed by atoms with Gasteiger partial charge in [-0.2, -0.15) is 13.2 Å². The van der Waals surface area contributed by atoms with E-state index in [4.69, 9.17) is 16.3 Å². The minimum Gasteiger partial charge on any atom is -0.391 e. The predicted octanol–water partition coefficient (Wildman–Crippen LogP) is 14.1. The van der Waals surface area contributed by atoms with E-state index >= 15 is 0 Å². The number of piperidine rings is 1. The van der Waals surface area contributed by atoms with Crippen LogP contribution in [0.3, 0.4) is 0 Å². The van der Waals surface area contributed by atoms with Crippen LogP contribution < -0.4 is 25.6 Å². The van der Waals surface area contributed by atoms with E-state index in [2.05, 4.69) is 52.7 Å². The molecule has 0 saturated carbocycles. The first-order valence-corrected chi connectivity index (χ1v) is 44.8. The molecule has 29 heteroatoms. The number of aliphatic hydroxyl groups excluding tert-OH is 1. The highest BCUT2D eigenvalue weighted by molar-refractivity contribution is 7.99. The number of alkyl halides is 3. The van der Waals surface area contributed by atoms with Crippen LogP contribution >= 0.6 is 34.7 Å². The first-order valence-electron chi connectivity index (χ1n) is 39.6. The van der Waals surface area contributed by atoms with Gasteiger partial charge in [-0.25, -0.2) is 26.5 Å². The van der Waals surface area contributed by atoms with E-state index in [1.54, 1.807) is 23.5 Å². The molecule has 5 N–H and O–H groups in total. The molecule has 113 heavy (non-hydrogen) atoms. The average molecular weight is 1650 g/mol. The number of thiazole rings is 1. The third-order valence-corrected chi connectivity index (χ3v) is 28.0. The number of aromatic nitrogens is 1. The number of carbonyl (C=O) groups excluding carboxylic acids is 5. The third kappa shape index (κ3) is 23.2. The Morgan fingerprint density at radius 1 is 0.752 bits per heavy atom. The summed E-state index contributed by atoms with van der Waals surface area (Å²) in [7, 11) is -11.0. The fourth-order valence-electron chi connectivity index (χ4n) is 16.0. The van der Waals surface area contributed by atoms with Crippen molar-refractivity contribution >= 4 is 101 Å². The van der Waals surface area contributed by atoms with Crippen molar-refractivity contribution in [3.8, 4) is 10.4 Å². The summed E-state index contributed by atoms with van der Waals surface area (Å²) in [6.45, 7) is 17.5. The van der Waals surface area contributed by atoms with Crippen LogP contribution in [0.5, 0.6) is 0 Å². The lowest BCUT2D eigenvalue weighted by Crippen LogP contribution is -2.57. The van der Waals surface area contributed by atoms with Crippen molar-refractivity contribution in [3.63, 3.8) is 0 Å². The van der Waals surface area contributed by atoms with Crippen molar-refractivity contribution in [3.05, 3.63) is 160 Å². The summed E-state index contributed by atoms with van der Waals surface area (Å²) in [4.78, 5) is 83.3. The van der Waals surface area contributed by atoms with Gasteiger partial charge >= 0.3 is 5.51 Å². The van der Waals surface area contributed by atoms with E-state index in [0.717, 1.165) is 160 Å². The van der Waals surface area contributed by atoms with Gasteiger partial charge in [0.15, 0.2) is 0 Å². The van der Waals surface area contributed by atoms with Crippen molar-refractivity contribution in [1.82, 2.24) is 39.9 Å². The Labute approximate surface area is 676 Å². The number of β-amino-alcohol motifs (C(OH)–C–C–N with tert-alkyl or cyclic N) is 1. The number of hydrogen-bond acceptors (Lipinski definition) is 18. The zero-order chi connectivity index (χ0) is 80.7. The van der Waals surface area contributed by atoms with Crippen molar-refractivity contribution in [1.29, 1.82) is 0 Å². The van der Waals surface area contributed by atoms with Crippen LogP contribution in [0.4, 0.5) is 24.5 Å². The largest absolute Gasteiger partial charge is 0.501 e. The van der Waals surface area contributed by atoms with E-state index < -0.39 is 76.4 Å². The van der Waals surface area contributed by atoms with Crippen LogP contribution in [0.1, 0.15) is 170 Å². The number of hydrogen-bond donors (Lipinski definition) is 5. The van der Waals surface area contributed by atoms with Gasteiger partial charge in [-0.05, 0) is 165 Å². The quantitative estimate of drug-likeness (QED) is 0.0189. The molecule has 5 aliphatic rings. The predicted molar refractivity (Wildman–Crippen MR) is 439 cm³/mol. The summed E-state index contributed by atoms with van der Waals surface area (Å²) < 4.78 is 105. The van der Waals surface area contributed by atoms with Gasteiger partial charge in [0, 0.05) is 124 Å². The van der Waals surface area contributed by atoms with Gasteiger partial charge in [0.1, 0.15) is 17.0 Å². The number of aryl methyl sites for hydroxylation is 1. The Morgan fingerprint density at radius 2 is 1.40 bits per heavy atom. The first-order chi connectivity index (χ1) is 53.9. The maximum absolute atomic E-state index is 14.4. The van der Waals surface area contributed by atoms with Crippen LogP contribution in [-0.2, 0) is 43.8 Å². The summed E-state index contributed by atoms with van der Waals surface area (Å²) in [5.41, 5.74) is 2.61. The summed E-state index contributed by atoms with van der Waals surface area (Å²) >= 11 is 9.41. The number of carbonyl (C=O) groups is 5. The molecule has 0 unspecified atom stereocenters. The Bertz CT molecular complexity index is 4490. The zero-order valence-electron chi connectivity index (χ0n) is 65.3. The van der Waals surface area contributed by atoms with Crippen molar-refractivity contribution in [2.75, 3.05) is 101 Å². The molecule has 4 fully saturated rings. The number of unbranched alkanes of at least 4 members (excludes halogenated alkanes) is 7. The van der Waals surface area contributed by atoms with E-state index in [0.29, 0.717) is 82.0 Å². The second-order valence-corrected chi connectivity index (χ2v) is 37.9. The number of ether oxygens (including phenoxy) is 1. The fourth-order valence-corrected chi connectivity index (χ4v) is 19.9. The van der Waals surface area contributed by atoms with Gasteiger partial charge in [-0.1, -0.05) is 131 Å². The number of piperazine rings is 1. The number of morpholine rings is 1. The van der Waals surface area contributed by atoms with E-state index in [1.807, 2.05) is 112 Å². The molecule has 5 atom stereocenters. The number of amides is 5. The SMILES string of the molecule is Cc1ncsc1-c1ccc([C@H](C)NC(=O)[C@@H]2C[C@@H](O)CN2C(=O)[C@@H](NC(=O)CCCCCCCCCCC(=O)N2CCC3(CCC(c4ccc(Cl)cc4)=C(CN4CCN(c5ccc(C(=O)NS(=O)(=O)c6ccc(N[C@H](CCN7CCOCC7)CSc7ccccc7)c(S(=O)(=O)C(F)(F)F)c6)cc5)CC4)C3)CC2)C(C)(C)C)cc1. The standard InChI is InChI=1S/C84H108ClF3N10O11S4/c1-58(60-21-23-62(24-22-60)77-59(2)89-57-111-77)90-80(103)73-51-68(99)55-98(73)81(104)78(82(3,4)5)92-75(100)19-15-10-8-6-7-9-11-16-20-76(101)97-41-38-83(39-42-97)37-35-71(61-25-29-65(85)30-26-61)64(53-83)54-95-43-45-96(46-44-95)67-31-27-63(28-32-67)79(102)93-113(107,108)70-33-34-72(74(52-70)112(105,106)84(86,87)88)91-66(36-40-94-47-49-109-50-48-94)56-110-69-17-13-12-14-18-69/h12-14,17-18,21-34,52,57-58,66,68,73,78,91,99H,6-11,15-16,19-20,35-51,53-56H2,1-5H3,(H,90,103)(H,92,100)(H,93,102)/t58-,66+,68+,73-,78+/m0/s1. The molecule has 5 amide bonds. The smallest absolute Gasteiger partial charge is 0.391 e. The Kier molecular flexibility index (Phi) is 29.9. The molecule has 6 aromatic rings. The number of allylic oxidation sites excluding steroid dienone is 1. The third-order valence-electron chi connectivity index (χ3n) is 22.7. The zero-order valence-corrected chi connectivity index (χ0v) is 69.3. The van der Waals surface area contributed by atoms with Gasteiger partial charge in [0.25, 0.3) is 25.8 Å². The molecule has 1 aromatic heterocycles. The average Bonchev–Trinajstić information content (AvgIpc) is 1.30. The van der Waals surface area contributed by atoms with Gasteiger partial charge in [-0.15, -0.1) is 23.1 Å². The number of halogens is 4. The highest BCUT2D eigenvalue weighted by Gasteiger charge is 2.49. The number of benzene rings is 5. The molecule has 1 spiro atoms. The van der Waals surface area contributed by atoms with Gasteiger partial charge in [0.05, 0.1) is 52.0 Å². The van der Waals surface area contributed by atoms with Crippen LogP contribution in [0, 0.1) is 17.8 Å². The Morgan fingerprint density at radius 3 is 2.04 bits per heavy atom. The number of anilines is 2. The number of sulfone groups is 1.